The second-order valence-electron chi connectivity index (χ2n) is 18.4. The van der Waals surface area contributed by atoms with Gasteiger partial charge in [0.1, 0.15) is 11.2 Å². The van der Waals surface area contributed by atoms with Crippen molar-refractivity contribution >= 4 is 28.5 Å². The lowest BCUT2D eigenvalue weighted by Crippen LogP contribution is -2.78. The molecule has 11 nitrogen and oxygen atoms in total. The van der Waals surface area contributed by atoms with Crippen molar-refractivity contribution in [2.24, 2.45) is 17.8 Å². The average molecular weight is 752 g/mol. The van der Waals surface area contributed by atoms with Crippen molar-refractivity contribution in [3.05, 3.63) is 58.8 Å². The summed E-state index contributed by atoms with van der Waals surface area (Å²) in [5.41, 5.74) is 1.44. The third-order valence-corrected chi connectivity index (χ3v) is 16.0. The molecule has 1 unspecified atom stereocenters. The third kappa shape index (κ3) is 4.52. The summed E-state index contributed by atoms with van der Waals surface area (Å²) in [5.74, 6) is 0.0945. The fourth-order valence-corrected chi connectivity index (χ4v) is 14.0. The first kappa shape index (κ1) is 35.8. The number of benzene rings is 2. The highest BCUT2D eigenvalue weighted by atomic mass is 16.5. The Labute approximate surface area is 323 Å². The van der Waals surface area contributed by atoms with Gasteiger partial charge in [-0.05, 0) is 99.6 Å². The van der Waals surface area contributed by atoms with Gasteiger partial charge >= 0.3 is 5.97 Å². The summed E-state index contributed by atoms with van der Waals surface area (Å²) in [6, 6.07) is 12.3. The van der Waals surface area contributed by atoms with Crippen LogP contribution in [0.25, 0.3) is 10.9 Å². The number of carbonyl (C=O) groups is 2. The molecule has 6 aliphatic heterocycles. The summed E-state index contributed by atoms with van der Waals surface area (Å²) in [6.45, 7) is 6.78. The number of likely N-dealkylation sites (N-methyl/N-ethyl adjacent to an activating group) is 2. The molecule has 294 valence electrons. The molecule has 1 amide bonds. The van der Waals surface area contributed by atoms with Gasteiger partial charge in [0.05, 0.1) is 25.9 Å². The number of hydrogen-bond acceptors (Lipinski definition) is 9. The topological polar surface area (TPSA) is 122 Å². The van der Waals surface area contributed by atoms with Gasteiger partial charge in [-0.2, -0.15) is 0 Å². The maximum absolute atomic E-state index is 15.2. The van der Waals surface area contributed by atoms with Crippen molar-refractivity contribution in [2.45, 2.75) is 92.4 Å². The number of aromatic nitrogens is 1. The lowest BCUT2D eigenvalue weighted by molar-refractivity contribution is -0.192. The molecule has 1 spiro atoms. The molecule has 10 atom stereocenters. The number of ether oxygens (including phenoxy) is 2. The van der Waals surface area contributed by atoms with Crippen LogP contribution in [0.2, 0.25) is 0 Å². The van der Waals surface area contributed by atoms with E-state index in [4.69, 9.17) is 9.47 Å². The van der Waals surface area contributed by atoms with Crippen molar-refractivity contribution in [3.63, 3.8) is 0 Å². The van der Waals surface area contributed by atoms with Crippen LogP contribution in [0, 0.1) is 17.8 Å². The van der Waals surface area contributed by atoms with E-state index in [1.165, 1.54) is 7.11 Å². The number of amides is 1. The predicted molar refractivity (Wildman–Crippen MR) is 209 cm³/mol. The number of aromatic amines is 1. The zero-order valence-electron chi connectivity index (χ0n) is 33.1. The lowest BCUT2D eigenvalue weighted by atomic mass is 9.49. The van der Waals surface area contributed by atoms with Gasteiger partial charge in [0.2, 0.25) is 0 Å². The summed E-state index contributed by atoms with van der Waals surface area (Å²) < 4.78 is 12.4. The van der Waals surface area contributed by atoms with Crippen molar-refractivity contribution in [3.8, 4) is 5.75 Å². The molecule has 1 saturated carbocycles. The highest BCUT2D eigenvalue weighted by molar-refractivity contribution is 5.95. The molecular formula is C44H57N5O6. The quantitative estimate of drug-likeness (QED) is 0.342. The Morgan fingerprint density at radius 3 is 2.62 bits per heavy atom. The van der Waals surface area contributed by atoms with E-state index in [0.29, 0.717) is 44.5 Å². The van der Waals surface area contributed by atoms with Gasteiger partial charge in [0.15, 0.2) is 5.60 Å². The highest BCUT2D eigenvalue weighted by Gasteiger charge is 2.76. The van der Waals surface area contributed by atoms with Crippen LogP contribution in [0.1, 0.15) is 74.3 Å². The largest absolute Gasteiger partial charge is 0.496 e. The molecule has 0 radical (unpaired) electrons. The van der Waals surface area contributed by atoms with E-state index in [-0.39, 0.29) is 35.7 Å². The Kier molecular flexibility index (Phi) is 7.92. The number of anilines is 1. The summed E-state index contributed by atoms with van der Waals surface area (Å²) in [4.78, 5) is 42.5. The molecule has 10 rings (SSSR count). The number of nitrogens with zero attached hydrogens (tertiary/aromatic N) is 4. The van der Waals surface area contributed by atoms with E-state index in [9.17, 15) is 15.0 Å². The van der Waals surface area contributed by atoms with Crippen LogP contribution in [0.4, 0.5) is 5.69 Å². The van der Waals surface area contributed by atoms with Gasteiger partial charge in [-0.25, -0.2) is 0 Å². The molecule has 1 aromatic heterocycles. The number of H-pyrrole nitrogens is 1. The molecule has 3 N–H and O–H groups in total. The number of likely N-dealkylation sites (tertiary alicyclic amines) is 1. The number of nitrogens with one attached hydrogen (secondary N) is 1. The molecule has 2 bridgehead atoms. The monoisotopic (exact) mass is 751 g/mol. The number of hydrogen-bond donors (Lipinski definition) is 3. The zero-order chi connectivity index (χ0) is 38.2. The van der Waals surface area contributed by atoms with Crippen LogP contribution in [0.3, 0.4) is 0 Å². The van der Waals surface area contributed by atoms with Gasteiger partial charge in [0, 0.05) is 91.6 Å². The van der Waals surface area contributed by atoms with Crippen LogP contribution in [0.15, 0.2) is 36.4 Å². The average Bonchev–Trinajstić information content (AvgIpc) is 3.85. The second-order valence-corrected chi connectivity index (χ2v) is 18.4. The fourth-order valence-electron chi connectivity index (χ4n) is 14.0. The van der Waals surface area contributed by atoms with Crippen molar-refractivity contribution in [2.75, 3.05) is 72.5 Å². The molecule has 2 aromatic carbocycles. The van der Waals surface area contributed by atoms with Gasteiger partial charge in [0.25, 0.3) is 5.91 Å². The van der Waals surface area contributed by atoms with Crippen LogP contribution >= 0.6 is 0 Å². The number of aliphatic hydroxyl groups is 2. The third-order valence-electron chi connectivity index (χ3n) is 16.0. The SMILES string of the molecule is CC[C@]1(O)C[C@@H]2CN(CCc3c([nH]c4ccccc34)[C@@](C(=O)OC)(c3cc4c(cc3OC)N(C)[C@H]3[C@@]5(O)C(=O)N(C)CC[C@@H]5[C@@H]5CCCN6CC[C@]43[C@H]56)C2)C1. The molecule has 7 heterocycles. The standard InChI is InChI=1S/C44H57N5O6/c1-6-41(52)22-26-23-43(40(51)55-5,36-28(13-18-48(24-26)25-41)27-10-7-8-12-33(27)45-36)32-20-31-34(21-35(32)54-4)47(3)38-42(31)15-19-49-16-9-11-29(37(42)49)30-14-17-46(2)39(50)44(30,38)53/h7-8,10,12,20-21,26,29-30,37-38,45,52-53H,6,9,11,13-19,22-25H2,1-5H3/t26-,29-,30+,37-,38+,41-,42+,43-,44+/m0/s1. The second kappa shape index (κ2) is 12.2. The van der Waals surface area contributed by atoms with E-state index < -0.39 is 28.1 Å². The number of esters is 1. The smallest absolute Gasteiger partial charge is 0.322 e. The Hall–Kier alpha value is -3.64. The minimum atomic E-state index is -1.55. The van der Waals surface area contributed by atoms with E-state index in [1.54, 1.807) is 12.0 Å². The number of methoxy groups -OCH3 is 2. The Morgan fingerprint density at radius 1 is 1.02 bits per heavy atom. The van der Waals surface area contributed by atoms with Gasteiger partial charge in [-0.15, -0.1) is 0 Å². The minimum absolute atomic E-state index is 0.0158. The summed E-state index contributed by atoms with van der Waals surface area (Å²) >= 11 is 0. The summed E-state index contributed by atoms with van der Waals surface area (Å²) in [6.07, 6.45) is 6.00. The molecule has 11 heteroatoms. The normalized spacial score (nSPS) is 39.3. The Balaban J connectivity index is 1.25. The zero-order valence-corrected chi connectivity index (χ0v) is 33.1. The maximum atomic E-state index is 15.2. The molecule has 55 heavy (non-hydrogen) atoms. The summed E-state index contributed by atoms with van der Waals surface area (Å²) in [5, 5.41) is 26.2. The molecule has 1 aliphatic carbocycles. The number of para-hydroxylation sites is 1. The Morgan fingerprint density at radius 2 is 1.84 bits per heavy atom. The number of carbonyl (C=O) groups excluding carboxylic acids is 2. The van der Waals surface area contributed by atoms with E-state index in [0.717, 1.165) is 90.8 Å². The van der Waals surface area contributed by atoms with Gasteiger partial charge in [-0.3, -0.25) is 19.4 Å². The molecular weight excluding hydrogens is 695 g/mol. The first-order valence-corrected chi connectivity index (χ1v) is 20.8. The van der Waals surface area contributed by atoms with E-state index in [1.807, 2.05) is 20.2 Å². The molecule has 7 aliphatic rings. The van der Waals surface area contributed by atoms with E-state index >= 15 is 4.79 Å². The van der Waals surface area contributed by atoms with Crippen molar-refractivity contribution < 1.29 is 29.3 Å². The van der Waals surface area contributed by atoms with E-state index in [2.05, 4.69) is 56.9 Å². The van der Waals surface area contributed by atoms with Crippen molar-refractivity contribution in [1.29, 1.82) is 0 Å². The summed E-state index contributed by atoms with van der Waals surface area (Å²) in [7, 11) is 7.05. The van der Waals surface area contributed by atoms with Crippen LogP contribution in [-0.4, -0.2) is 133 Å². The minimum Gasteiger partial charge on any atom is -0.496 e. The molecule has 5 fully saturated rings. The fraction of sp³-hybridized carbons (Fsp3) is 0.636. The van der Waals surface area contributed by atoms with Crippen LogP contribution in [-0.2, 0) is 31.6 Å². The number of piperidine rings is 3. The Bertz CT molecular complexity index is 2090. The first-order valence-electron chi connectivity index (χ1n) is 20.8. The lowest BCUT2D eigenvalue weighted by Gasteiger charge is -2.63. The predicted octanol–water partition coefficient (Wildman–Crippen LogP) is 3.81. The molecule has 3 aromatic rings. The highest BCUT2D eigenvalue weighted by Crippen LogP contribution is 2.67. The van der Waals surface area contributed by atoms with Crippen molar-refractivity contribution in [1.82, 2.24) is 19.7 Å². The maximum Gasteiger partial charge on any atom is 0.322 e. The first-order chi connectivity index (χ1) is 26.4. The number of rotatable bonds is 4. The number of fused-ring (bicyclic) bond motifs is 9. The van der Waals surface area contributed by atoms with Gasteiger partial charge in [-0.1, -0.05) is 25.1 Å². The molecule has 4 saturated heterocycles. The van der Waals surface area contributed by atoms with Crippen LogP contribution in [0.5, 0.6) is 5.75 Å². The van der Waals surface area contributed by atoms with Crippen LogP contribution < -0.4 is 9.64 Å². The van der Waals surface area contributed by atoms with Gasteiger partial charge < -0.3 is 34.5 Å².